The topological polar surface area (TPSA) is 73.2 Å². The summed E-state index contributed by atoms with van der Waals surface area (Å²) in [4.78, 5) is 23.8. The van der Waals surface area contributed by atoms with Gasteiger partial charge in [-0.25, -0.2) is 9.07 Å². The lowest BCUT2D eigenvalue weighted by atomic mass is 9.87. The number of hydrogen-bond donors (Lipinski definition) is 1. The van der Waals surface area contributed by atoms with Gasteiger partial charge in [-0.2, -0.15) is 5.10 Å². The maximum Gasteiger partial charge on any atom is 0.272 e. The summed E-state index contributed by atoms with van der Waals surface area (Å²) in [6, 6.07) is 8.37. The van der Waals surface area contributed by atoms with E-state index < -0.39 is 17.8 Å². The van der Waals surface area contributed by atoms with Crippen molar-refractivity contribution in [3.8, 4) is 5.75 Å². The average molecular weight is 347 g/mol. The molecule has 0 aliphatic rings. The Hall–Kier alpha value is -2.70. The summed E-state index contributed by atoms with van der Waals surface area (Å²) < 4.78 is 20.3. The zero-order valence-electron chi connectivity index (χ0n) is 14.7. The minimum atomic E-state index is -0.457. The predicted molar refractivity (Wildman–Crippen MR) is 92.1 cm³/mol. The molecule has 0 bridgehead atoms. The number of carbonyl (C=O) groups is 1. The van der Waals surface area contributed by atoms with E-state index in [2.05, 4.69) is 10.4 Å². The van der Waals surface area contributed by atoms with Gasteiger partial charge in [0.2, 0.25) is 0 Å². The summed E-state index contributed by atoms with van der Waals surface area (Å²) in [7, 11) is 1.47. The highest BCUT2D eigenvalue weighted by atomic mass is 19.1. The Morgan fingerprint density at radius 3 is 2.56 bits per heavy atom. The molecule has 0 aliphatic carbocycles. The number of para-hydroxylation sites is 1. The molecule has 134 valence electrons. The fourth-order valence-corrected chi connectivity index (χ4v) is 2.10. The summed E-state index contributed by atoms with van der Waals surface area (Å²) >= 11 is 0. The van der Waals surface area contributed by atoms with Crippen molar-refractivity contribution < 1.29 is 13.9 Å². The van der Waals surface area contributed by atoms with Gasteiger partial charge in [0.05, 0.1) is 6.04 Å². The lowest BCUT2D eigenvalue weighted by Gasteiger charge is -2.31. The van der Waals surface area contributed by atoms with Gasteiger partial charge in [-0.15, -0.1) is 0 Å². The first-order valence-corrected chi connectivity index (χ1v) is 7.91. The van der Waals surface area contributed by atoms with Crippen LogP contribution in [0.15, 0.2) is 41.2 Å². The number of carbonyl (C=O) groups excluding carboxylic acids is 1. The molecule has 0 saturated heterocycles. The number of aryl methyl sites for hydroxylation is 1. The first-order chi connectivity index (χ1) is 11.7. The lowest BCUT2D eigenvalue weighted by Crippen LogP contribution is -2.48. The number of aromatic nitrogens is 2. The van der Waals surface area contributed by atoms with E-state index in [0.717, 1.165) is 4.68 Å². The second-order valence-electron chi connectivity index (χ2n) is 6.81. The third-order valence-corrected chi connectivity index (χ3v) is 3.79. The van der Waals surface area contributed by atoms with E-state index in [4.69, 9.17) is 4.74 Å². The zero-order chi connectivity index (χ0) is 18.6. The number of halogens is 1. The number of amides is 1. The third-order valence-electron chi connectivity index (χ3n) is 3.79. The number of nitrogens with zero attached hydrogens (tertiary/aromatic N) is 2. The Labute approximate surface area is 145 Å². The number of benzene rings is 1. The maximum absolute atomic E-state index is 13.7. The number of nitrogens with one attached hydrogen (secondary N) is 1. The van der Waals surface area contributed by atoms with Crippen LogP contribution < -0.4 is 15.6 Å². The SMILES string of the molecule is Cn1nc(C(=O)N[C@H](COc2ccccc2F)C(C)(C)C)ccc1=O. The molecular weight excluding hydrogens is 325 g/mol. The molecule has 2 rings (SSSR count). The standard InChI is InChI=1S/C18H22FN3O3/c1-18(2,3)15(11-25-14-8-6-5-7-12(14)19)20-17(24)13-9-10-16(23)22(4)21-13/h5-10,15H,11H2,1-4H3,(H,20,24)/t15-/m1/s1. The van der Waals surface area contributed by atoms with Crippen molar-refractivity contribution in [1.82, 2.24) is 15.1 Å². The average Bonchev–Trinajstić information content (AvgIpc) is 2.54. The van der Waals surface area contributed by atoms with Crippen LogP contribution in [-0.4, -0.2) is 28.3 Å². The van der Waals surface area contributed by atoms with E-state index >= 15 is 0 Å². The molecule has 1 aromatic carbocycles. The van der Waals surface area contributed by atoms with E-state index in [9.17, 15) is 14.0 Å². The molecule has 2 aromatic rings. The van der Waals surface area contributed by atoms with Crippen LogP contribution in [0.4, 0.5) is 4.39 Å². The molecule has 0 fully saturated rings. The Morgan fingerprint density at radius 2 is 1.96 bits per heavy atom. The van der Waals surface area contributed by atoms with Crippen LogP contribution in [0.5, 0.6) is 5.75 Å². The van der Waals surface area contributed by atoms with Gasteiger partial charge < -0.3 is 10.1 Å². The van der Waals surface area contributed by atoms with Gasteiger partial charge in [0.15, 0.2) is 11.6 Å². The van der Waals surface area contributed by atoms with Gasteiger partial charge in [-0.05, 0) is 23.6 Å². The van der Waals surface area contributed by atoms with Crippen LogP contribution >= 0.6 is 0 Å². The van der Waals surface area contributed by atoms with E-state index in [1.165, 1.54) is 31.3 Å². The van der Waals surface area contributed by atoms with Crippen LogP contribution in [-0.2, 0) is 7.05 Å². The first kappa shape index (κ1) is 18.6. The zero-order valence-corrected chi connectivity index (χ0v) is 14.7. The Balaban J connectivity index is 2.12. The summed E-state index contributed by atoms with van der Waals surface area (Å²) in [5.41, 5.74) is -0.504. The highest BCUT2D eigenvalue weighted by molar-refractivity contribution is 5.92. The normalized spacial score (nSPS) is 12.5. The van der Waals surface area contributed by atoms with E-state index in [1.807, 2.05) is 20.8 Å². The smallest absolute Gasteiger partial charge is 0.272 e. The maximum atomic E-state index is 13.7. The monoisotopic (exact) mass is 347 g/mol. The molecule has 25 heavy (non-hydrogen) atoms. The molecule has 6 nitrogen and oxygen atoms in total. The van der Waals surface area contributed by atoms with Gasteiger partial charge in [0.1, 0.15) is 12.3 Å². The van der Waals surface area contributed by atoms with Gasteiger partial charge >= 0.3 is 0 Å². The molecule has 0 spiro atoms. The highest BCUT2D eigenvalue weighted by Crippen LogP contribution is 2.22. The van der Waals surface area contributed by atoms with Crippen LogP contribution in [0.1, 0.15) is 31.3 Å². The minimum absolute atomic E-state index is 0.0991. The molecule has 0 radical (unpaired) electrons. The van der Waals surface area contributed by atoms with Crippen LogP contribution in [0, 0.1) is 11.2 Å². The molecule has 0 aliphatic heterocycles. The van der Waals surface area contributed by atoms with Crippen molar-refractivity contribution in [3.05, 3.63) is 58.3 Å². The minimum Gasteiger partial charge on any atom is -0.488 e. The van der Waals surface area contributed by atoms with Crippen molar-refractivity contribution in [2.75, 3.05) is 6.61 Å². The molecule has 1 amide bonds. The Bertz CT molecular complexity index is 812. The quantitative estimate of drug-likeness (QED) is 0.899. The largest absolute Gasteiger partial charge is 0.488 e. The second-order valence-corrected chi connectivity index (χ2v) is 6.81. The van der Waals surface area contributed by atoms with E-state index in [1.54, 1.807) is 12.1 Å². The van der Waals surface area contributed by atoms with Crippen LogP contribution in [0.3, 0.4) is 0 Å². The van der Waals surface area contributed by atoms with Crippen molar-refractivity contribution in [1.29, 1.82) is 0 Å². The van der Waals surface area contributed by atoms with Crippen molar-refractivity contribution >= 4 is 5.91 Å². The summed E-state index contributed by atoms with van der Waals surface area (Å²) in [6.45, 7) is 5.92. The molecular formula is C18H22FN3O3. The molecule has 0 saturated carbocycles. The summed E-state index contributed by atoms with van der Waals surface area (Å²) in [6.07, 6.45) is 0. The molecule has 1 atom stereocenters. The highest BCUT2D eigenvalue weighted by Gasteiger charge is 2.28. The van der Waals surface area contributed by atoms with Crippen LogP contribution in [0.2, 0.25) is 0 Å². The van der Waals surface area contributed by atoms with E-state index in [-0.39, 0.29) is 29.0 Å². The fraction of sp³-hybridized carbons (Fsp3) is 0.389. The number of ether oxygens (including phenoxy) is 1. The summed E-state index contributed by atoms with van der Waals surface area (Å²) in [5, 5.41) is 6.78. The second kappa shape index (κ2) is 7.46. The molecule has 7 heteroatoms. The number of rotatable bonds is 5. The summed E-state index contributed by atoms with van der Waals surface area (Å²) in [5.74, 6) is -0.750. The fourth-order valence-electron chi connectivity index (χ4n) is 2.10. The third kappa shape index (κ3) is 4.89. The van der Waals surface area contributed by atoms with E-state index in [0.29, 0.717) is 0 Å². The first-order valence-electron chi connectivity index (χ1n) is 7.91. The van der Waals surface area contributed by atoms with Crippen molar-refractivity contribution in [2.45, 2.75) is 26.8 Å². The Kier molecular flexibility index (Phi) is 5.56. The molecule has 1 N–H and O–H groups in total. The predicted octanol–water partition coefficient (Wildman–Crippen LogP) is 2.14. The van der Waals surface area contributed by atoms with Gasteiger partial charge in [-0.3, -0.25) is 9.59 Å². The van der Waals surface area contributed by atoms with Gasteiger partial charge in [0.25, 0.3) is 11.5 Å². The van der Waals surface area contributed by atoms with Gasteiger partial charge in [-0.1, -0.05) is 32.9 Å². The van der Waals surface area contributed by atoms with Crippen LogP contribution in [0.25, 0.3) is 0 Å². The molecule has 1 aromatic heterocycles. The van der Waals surface area contributed by atoms with Crippen molar-refractivity contribution in [2.24, 2.45) is 12.5 Å². The number of hydrogen-bond acceptors (Lipinski definition) is 4. The van der Waals surface area contributed by atoms with Crippen molar-refractivity contribution in [3.63, 3.8) is 0 Å². The molecule has 1 heterocycles. The Morgan fingerprint density at radius 1 is 1.28 bits per heavy atom. The van der Waals surface area contributed by atoms with Gasteiger partial charge in [0, 0.05) is 13.1 Å². The molecule has 0 unspecified atom stereocenters. The lowest BCUT2D eigenvalue weighted by molar-refractivity contribution is 0.0853.